The van der Waals surface area contributed by atoms with Crippen molar-refractivity contribution in [3.8, 4) is 6.07 Å². The lowest BCUT2D eigenvalue weighted by Gasteiger charge is -2.26. The second kappa shape index (κ2) is 5.73. The Bertz CT molecular complexity index is 559. The van der Waals surface area contributed by atoms with Crippen LogP contribution in [0, 0.1) is 11.3 Å². The minimum Gasteiger partial charge on any atom is -0.402 e. The molecule has 1 aliphatic carbocycles. The van der Waals surface area contributed by atoms with E-state index in [0.29, 0.717) is 5.56 Å². The Morgan fingerprint density at radius 3 is 2.53 bits per heavy atom. The number of allylic oxidation sites excluding steroid dienone is 2. The van der Waals surface area contributed by atoms with Crippen LogP contribution in [0.15, 0.2) is 47.2 Å². The van der Waals surface area contributed by atoms with Gasteiger partial charge < -0.3 is 11.5 Å². The first kappa shape index (κ1) is 13.4. The van der Waals surface area contributed by atoms with Crippen LogP contribution in [0.2, 0.25) is 0 Å². The predicted octanol–water partition coefficient (Wildman–Crippen LogP) is 2.90. The van der Waals surface area contributed by atoms with Gasteiger partial charge in [0.05, 0.1) is 17.7 Å². The highest BCUT2D eigenvalue weighted by Crippen LogP contribution is 2.34. The molecule has 3 heteroatoms. The fourth-order valence-corrected chi connectivity index (χ4v) is 2.58. The first-order chi connectivity index (χ1) is 9.17. The van der Waals surface area contributed by atoms with E-state index in [1.54, 1.807) is 12.1 Å². The maximum atomic E-state index is 8.82. The van der Waals surface area contributed by atoms with Gasteiger partial charge in [0.25, 0.3) is 0 Å². The average molecular weight is 253 g/mol. The van der Waals surface area contributed by atoms with Crippen LogP contribution in [0.3, 0.4) is 0 Å². The summed E-state index contributed by atoms with van der Waals surface area (Å²) in [4.78, 5) is 0. The van der Waals surface area contributed by atoms with Gasteiger partial charge in [0, 0.05) is 5.70 Å². The van der Waals surface area contributed by atoms with Gasteiger partial charge in [0.1, 0.15) is 0 Å². The summed E-state index contributed by atoms with van der Waals surface area (Å²) in [6.45, 7) is 2.03. The van der Waals surface area contributed by atoms with Crippen molar-refractivity contribution in [2.24, 2.45) is 11.5 Å². The Labute approximate surface area is 114 Å². The summed E-state index contributed by atoms with van der Waals surface area (Å²) in [6, 6.07) is 9.31. The van der Waals surface area contributed by atoms with E-state index in [2.05, 4.69) is 12.1 Å². The van der Waals surface area contributed by atoms with E-state index < -0.39 is 0 Å². The van der Waals surface area contributed by atoms with E-state index in [1.165, 1.54) is 5.57 Å². The number of nitriles is 1. The smallest absolute Gasteiger partial charge is 0.0991 e. The molecule has 0 spiro atoms. The fourth-order valence-electron chi connectivity index (χ4n) is 2.58. The summed E-state index contributed by atoms with van der Waals surface area (Å²) in [5.41, 5.74) is 17.4. The topological polar surface area (TPSA) is 75.8 Å². The number of nitrogens with two attached hydrogens (primary N) is 2. The molecule has 4 N–H and O–H groups in total. The highest BCUT2D eigenvalue weighted by molar-refractivity contribution is 5.45. The van der Waals surface area contributed by atoms with Crippen molar-refractivity contribution in [1.29, 1.82) is 5.26 Å². The summed E-state index contributed by atoms with van der Waals surface area (Å²) in [6.07, 6.45) is 5.15. The summed E-state index contributed by atoms with van der Waals surface area (Å²) >= 11 is 0. The molecule has 1 atom stereocenters. The second-order valence-corrected chi connectivity index (χ2v) is 4.82. The maximum Gasteiger partial charge on any atom is 0.0991 e. The summed E-state index contributed by atoms with van der Waals surface area (Å²) in [7, 11) is 0. The number of rotatable bonds is 2. The van der Waals surface area contributed by atoms with Gasteiger partial charge in [-0.2, -0.15) is 5.26 Å². The molecule has 1 aromatic rings. The molecule has 2 rings (SSSR count). The molecule has 3 nitrogen and oxygen atoms in total. The van der Waals surface area contributed by atoms with Gasteiger partial charge in [-0.25, -0.2) is 0 Å². The van der Waals surface area contributed by atoms with Crippen molar-refractivity contribution in [1.82, 2.24) is 0 Å². The molecular weight excluding hydrogens is 234 g/mol. The minimum absolute atomic E-state index is 0.209. The van der Waals surface area contributed by atoms with E-state index in [4.69, 9.17) is 16.7 Å². The highest BCUT2D eigenvalue weighted by atomic mass is 14.7. The SMILES string of the molecule is CC=C1CCCC(N)=C1C(N)c1ccc(C#N)cc1. The standard InChI is InChI=1S/C16H19N3/c1-2-12-4-3-5-14(18)15(12)16(19)13-8-6-11(10-17)7-9-13/h2,6-9,16H,3-5,18-19H2,1H3. The fraction of sp³-hybridized carbons (Fsp3) is 0.312. The molecule has 0 bridgehead atoms. The molecular formula is C16H19N3. The normalized spacial score (nSPS) is 19.3. The van der Waals surface area contributed by atoms with Crippen molar-refractivity contribution in [2.45, 2.75) is 32.2 Å². The van der Waals surface area contributed by atoms with E-state index >= 15 is 0 Å². The van der Waals surface area contributed by atoms with Crippen molar-refractivity contribution in [3.05, 3.63) is 58.3 Å². The summed E-state index contributed by atoms with van der Waals surface area (Å²) in [5.74, 6) is 0. The Morgan fingerprint density at radius 1 is 1.26 bits per heavy atom. The lowest BCUT2D eigenvalue weighted by Crippen LogP contribution is -2.21. The van der Waals surface area contributed by atoms with E-state index in [0.717, 1.165) is 36.1 Å². The number of nitrogens with zero attached hydrogens (tertiary/aromatic N) is 1. The number of hydrogen-bond donors (Lipinski definition) is 2. The van der Waals surface area contributed by atoms with Gasteiger partial charge in [-0.15, -0.1) is 0 Å². The third kappa shape index (κ3) is 2.69. The Morgan fingerprint density at radius 2 is 1.95 bits per heavy atom. The quantitative estimate of drug-likeness (QED) is 0.850. The predicted molar refractivity (Wildman–Crippen MR) is 76.9 cm³/mol. The van der Waals surface area contributed by atoms with Crippen LogP contribution < -0.4 is 11.5 Å². The number of benzene rings is 1. The van der Waals surface area contributed by atoms with Crippen molar-refractivity contribution in [2.75, 3.05) is 0 Å². The van der Waals surface area contributed by atoms with Crippen LogP contribution >= 0.6 is 0 Å². The molecule has 1 aliphatic rings. The second-order valence-electron chi connectivity index (χ2n) is 4.82. The average Bonchev–Trinajstić information content (AvgIpc) is 2.46. The Kier molecular flexibility index (Phi) is 4.03. The van der Waals surface area contributed by atoms with E-state index in [1.807, 2.05) is 19.1 Å². The molecule has 0 radical (unpaired) electrons. The van der Waals surface area contributed by atoms with Crippen molar-refractivity contribution < 1.29 is 0 Å². The zero-order chi connectivity index (χ0) is 13.8. The van der Waals surface area contributed by atoms with Crippen LogP contribution in [0.1, 0.15) is 43.4 Å². The van der Waals surface area contributed by atoms with Gasteiger partial charge in [-0.3, -0.25) is 0 Å². The Hall–Kier alpha value is -2.05. The maximum absolute atomic E-state index is 8.82. The van der Waals surface area contributed by atoms with Crippen LogP contribution in [0.5, 0.6) is 0 Å². The molecule has 0 saturated heterocycles. The van der Waals surface area contributed by atoms with Crippen LogP contribution in [-0.2, 0) is 0 Å². The van der Waals surface area contributed by atoms with Gasteiger partial charge in [-0.05, 0) is 55.0 Å². The van der Waals surface area contributed by atoms with Gasteiger partial charge in [0.2, 0.25) is 0 Å². The molecule has 0 aliphatic heterocycles. The van der Waals surface area contributed by atoms with Gasteiger partial charge >= 0.3 is 0 Å². The van der Waals surface area contributed by atoms with E-state index in [-0.39, 0.29) is 6.04 Å². The van der Waals surface area contributed by atoms with Crippen LogP contribution in [0.4, 0.5) is 0 Å². The third-order valence-corrected chi connectivity index (χ3v) is 3.64. The molecule has 1 aromatic carbocycles. The largest absolute Gasteiger partial charge is 0.402 e. The van der Waals surface area contributed by atoms with Crippen LogP contribution in [0.25, 0.3) is 0 Å². The molecule has 0 saturated carbocycles. The number of hydrogen-bond acceptors (Lipinski definition) is 3. The molecule has 98 valence electrons. The third-order valence-electron chi connectivity index (χ3n) is 3.64. The molecule has 19 heavy (non-hydrogen) atoms. The minimum atomic E-state index is -0.209. The molecule has 0 aromatic heterocycles. The highest BCUT2D eigenvalue weighted by Gasteiger charge is 2.21. The van der Waals surface area contributed by atoms with Gasteiger partial charge in [0.15, 0.2) is 0 Å². The van der Waals surface area contributed by atoms with Crippen molar-refractivity contribution in [3.63, 3.8) is 0 Å². The monoisotopic (exact) mass is 253 g/mol. The molecule has 0 amide bonds. The van der Waals surface area contributed by atoms with Crippen LogP contribution in [-0.4, -0.2) is 0 Å². The lowest BCUT2D eigenvalue weighted by atomic mass is 9.84. The molecule has 0 fully saturated rings. The summed E-state index contributed by atoms with van der Waals surface area (Å²) < 4.78 is 0. The zero-order valence-electron chi connectivity index (χ0n) is 11.2. The lowest BCUT2D eigenvalue weighted by molar-refractivity contribution is 0.702. The van der Waals surface area contributed by atoms with E-state index in [9.17, 15) is 0 Å². The van der Waals surface area contributed by atoms with Gasteiger partial charge in [-0.1, -0.05) is 18.2 Å². The molecule has 0 heterocycles. The first-order valence-electron chi connectivity index (χ1n) is 6.57. The zero-order valence-corrected chi connectivity index (χ0v) is 11.2. The first-order valence-corrected chi connectivity index (χ1v) is 6.57. The van der Waals surface area contributed by atoms with Crippen molar-refractivity contribution >= 4 is 0 Å². The summed E-state index contributed by atoms with van der Waals surface area (Å²) in [5, 5.41) is 8.82. The molecule has 1 unspecified atom stereocenters. The Balaban J connectivity index is 2.36.